The lowest BCUT2D eigenvalue weighted by atomic mass is 10.0. The third kappa shape index (κ3) is 17.8. The van der Waals surface area contributed by atoms with Crippen molar-refractivity contribution in [2.45, 2.75) is 108 Å². The van der Waals surface area contributed by atoms with Gasteiger partial charge in [-0.2, -0.15) is 31.3 Å². The van der Waals surface area contributed by atoms with Crippen LogP contribution < -0.4 is 34.5 Å². The number of rotatable bonds is 19. The van der Waals surface area contributed by atoms with E-state index in [-0.39, 0.29) is 56.1 Å². The van der Waals surface area contributed by atoms with E-state index in [0.29, 0.717) is 74.1 Å². The van der Waals surface area contributed by atoms with Gasteiger partial charge < -0.3 is 44.0 Å². The number of likely N-dealkylation sites (N-methyl/N-ethyl adjacent to an activating group) is 1. The number of fused-ring (bicyclic) bond motifs is 2. The molecule has 8 aromatic rings. The third-order valence-corrected chi connectivity index (χ3v) is 17.5. The largest absolute Gasteiger partial charge is 0.491 e. The van der Waals surface area contributed by atoms with Crippen molar-refractivity contribution in [3.63, 3.8) is 0 Å². The van der Waals surface area contributed by atoms with E-state index < -0.39 is 25.2 Å². The number of ether oxygens (including phenoxy) is 6. The van der Waals surface area contributed by atoms with Crippen LogP contribution in [0.5, 0.6) is 23.3 Å². The van der Waals surface area contributed by atoms with Gasteiger partial charge in [0.05, 0.1) is 64.9 Å². The fourth-order valence-corrected chi connectivity index (χ4v) is 13.4. The molecule has 15 nitrogen and oxygen atoms in total. The molecule has 6 heterocycles. The summed E-state index contributed by atoms with van der Waals surface area (Å²) >= 11 is 19.4. The van der Waals surface area contributed by atoms with Crippen LogP contribution in [0.2, 0.25) is 15.7 Å². The standard InChI is InChI=1S/C29H31ClF3N5O3S.C22H30N2O3.C8H3Cl2F3N2S.ClH/c1-38(25-21-12-20(13-29(31,32)33)42-27(21)37-28(30)36-25)22-10-19(11-23(22)39-2)34-14-16-5-7-17(8-6-16)18-9-24(40-3)26(41-4)35-15-18;1-5-16-10-19(12-20(16)25-2)23-13-15-6-8-17(9-7-15)18-11-21(26-3)22(27-4)24-14-18;9-5-4-1-3(2-8(11,12)13)16-6(4)15-7(10)14-5;/h5-9,12,15,19,22-23,34H,10-11,13-14H2,1-4H3;6-9,11,14,16,19-20,23H,5,10,12-13H2,1-4H3;1H,2H2;1H/t19-,22+,23+;16-,19+,20-;;/m10../s1. The van der Waals surface area contributed by atoms with Gasteiger partial charge >= 0.3 is 12.4 Å². The summed E-state index contributed by atoms with van der Waals surface area (Å²) in [5, 5.41) is 8.27. The molecule has 6 aromatic heterocycles. The molecule has 27 heteroatoms. The van der Waals surface area contributed by atoms with Gasteiger partial charge in [0.1, 0.15) is 20.6 Å². The van der Waals surface area contributed by atoms with Gasteiger partial charge in [-0.15, -0.1) is 35.1 Å². The Morgan fingerprint density at radius 1 is 0.570 bits per heavy atom. The van der Waals surface area contributed by atoms with Crippen LogP contribution in [0.4, 0.5) is 32.2 Å². The smallest absolute Gasteiger partial charge is 0.393 e. The zero-order valence-electron chi connectivity index (χ0n) is 48.1. The second-order valence-electron chi connectivity index (χ2n) is 20.3. The van der Waals surface area contributed by atoms with Crippen LogP contribution in [0.3, 0.4) is 0 Å². The van der Waals surface area contributed by atoms with Crippen molar-refractivity contribution in [2.75, 3.05) is 54.6 Å². The van der Waals surface area contributed by atoms with Crippen LogP contribution in [0, 0.1) is 5.92 Å². The Bertz CT molecular complexity index is 3490. The van der Waals surface area contributed by atoms with Crippen molar-refractivity contribution in [3.8, 4) is 45.5 Å². The summed E-state index contributed by atoms with van der Waals surface area (Å²) in [4.78, 5) is 27.7. The quantitative estimate of drug-likeness (QED) is 0.0447. The Hall–Kier alpha value is -5.60. The van der Waals surface area contributed by atoms with Crippen molar-refractivity contribution in [3.05, 3.63) is 122 Å². The molecule has 2 fully saturated rings. The van der Waals surface area contributed by atoms with E-state index in [1.807, 2.05) is 49.5 Å². The molecular formula is C59H65Cl4F6N9O6S2. The van der Waals surface area contributed by atoms with Gasteiger partial charge in [-0.05, 0) is 101 Å². The molecule has 0 unspecified atom stereocenters. The summed E-state index contributed by atoms with van der Waals surface area (Å²) in [6, 6.07) is 24.1. The monoisotopic (exact) mass is 1310 g/mol. The number of pyridine rings is 2. The Kier molecular flexibility index (Phi) is 24.1. The number of thiophene rings is 2. The number of methoxy groups -OCH3 is 6. The average Bonchev–Trinajstić information content (AvgIpc) is 3.99. The lowest BCUT2D eigenvalue weighted by Gasteiger charge is -2.30. The van der Waals surface area contributed by atoms with Gasteiger partial charge in [0, 0.05) is 85.1 Å². The molecule has 86 heavy (non-hydrogen) atoms. The number of aromatic nitrogens is 6. The van der Waals surface area contributed by atoms with E-state index in [0.717, 1.165) is 76.3 Å². The number of alkyl halides is 6. The lowest BCUT2D eigenvalue weighted by Crippen LogP contribution is -2.39. The summed E-state index contributed by atoms with van der Waals surface area (Å²) in [5.41, 5.74) is 6.46. The van der Waals surface area contributed by atoms with E-state index in [1.165, 1.54) is 30.5 Å². The molecule has 2 saturated carbocycles. The Morgan fingerprint density at radius 3 is 1.47 bits per heavy atom. The fourth-order valence-electron chi connectivity index (χ4n) is 10.5. The highest BCUT2D eigenvalue weighted by atomic mass is 35.5. The third-order valence-electron chi connectivity index (χ3n) is 14.8. The molecule has 0 bridgehead atoms. The van der Waals surface area contributed by atoms with Crippen LogP contribution in [-0.4, -0.2) is 122 Å². The normalized spacial score (nSPS) is 18.4. The summed E-state index contributed by atoms with van der Waals surface area (Å²) < 4.78 is 108. The molecule has 10 rings (SSSR count). The zero-order chi connectivity index (χ0) is 61.2. The first kappa shape index (κ1) is 67.9. The summed E-state index contributed by atoms with van der Waals surface area (Å²) in [6.07, 6.45) is -1.71. The van der Waals surface area contributed by atoms with Crippen LogP contribution in [0.15, 0.2) is 85.2 Å². The Morgan fingerprint density at radius 2 is 1.02 bits per heavy atom. The molecule has 0 saturated heterocycles. The maximum Gasteiger partial charge on any atom is 0.393 e. The Balaban J connectivity index is 0.000000205. The van der Waals surface area contributed by atoms with Crippen molar-refractivity contribution >= 4 is 96.1 Å². The van der Waals surface area contributed by atoms with Gasteiger partial charge in [-0.25, -0.2) is 24.9 Å². The van der Waals surface area contributed by atoms with Gasteiger partial charge in [-0.3, -0.25) is 0 Å². The maximum atomic E-state index is 13.0. The molecule has 0 aliphatic heterocycles. The highest BCUT2D eigenvalue weighted by Crippen LogP contribution is 2.39. The second kappa shape index (κ2) is 30.5. The molecule has 2 N–H and O–H groups in total. The topological polar surface area (TPSA) is 160 Å². The number of benzene rings is 2. The first-order valence-corrected chi connectivity index (χ1v) is 29.7. The van der Waals surface area contributed by atoms with Crippen molar-refractivity contribution in [1.29, 1.82) is 0 Å². The minimum absolute atomic E-state index is 0. The van der Waals surface area contributed by atoms with Crippen molar-refractivity contribution in [1.82, 2.24) is 40.5 Å². The number of hydrogen-bond acceptors (Lipinski definition) is 17. The van der Waals surface area contributed by atoms with Crippen LogP contribution in [-0.2, 0) is 35.4 Å². The first-order valence-electron chi connectivity index (χ1n) is 26.9. The first-order chi connectivity index (χ1) is 40.6. The lowest BCUT2D eigenvalue weighted by molar-refractivity contribution is -0.127. The molecule has 6 atom stereocenters. The number of nitrogens with one attached hydrogen (secondary N) is 2. The predicted octanol–water partition coefficient (Wildman–Crippen LogP) is 14.9. The van der Waals surface area contributed by atoms with Gasteiger partial charge in [0.25, 0.3) is 11.8 Å². The van der Waals surface area contributed by atoms with Gasteiger partial charge in [0.2, 0.25) is 10.6 Å². The molecule has 0 amide bonds. The molecule has 464 valence electrons. The van der Waals surface area contributed by atoms with Crippen molar-refractivity contribution in [2.24, 2.45) is 5.92 Å². The van der Waals surface area contributed by atoms with Crippen LogP contribution in [0.25, 0.3) is 42.7 Å². The van der Waals surface area contributed by atoms with Crippen molar-refractivity contribution < 1.29 is 54.8 Å². The molecular weight excluding hydrogens is 1250 g/mol. The van der Waals surface area contributed by atoms with E-state index in [1.54, 1.807) is 41.7 Å². The average molecular weight is 1320 g/mol. The van der Waals surface area contributed by atoms with E-state index in [2.05, 4.69) is 83.9 Å². The van der Waals surface area contributed by atoms with E-state index in [4.69, 9.17) is 63.2 Å². The minimum Gasteiger partial charge on any atom is -0.491 e. The summed E-state index contributed by atoms with van der Waals surface area (Å²) in [6.45, 7) is 3.79. The Labute approximate surface area is 523 Å². The maximum absolute atomic E-state index is 13.0. The highest BCUT2D eigenvalue weighted by Gasteiger charge is 2.39. The highest BCUT2D eigenvalue weighted by molar-refractivity contribution is 7.19. The SMILES string of the molecule is CC[C@H]1C[C@@H](NCc2ccc(-c3cnc(OC)c(OC)c3)cc2)C[C@@H]1OC.COc1cc(-c2ccc(CN[C@H]3C[C@H](OC)[C@@H](N(C)c4nc(Cl)nc5sc(CC(F)(F)F)cc45)C3)cc2)cnc1OC.Cl.FC(F)(F)Cc1cc2c(Cl)nc(Cl)nc2s1. The van der Waals surface area contributed by atoms with E-state index >= 15 is 0 Å². The summed E-state index contributed by atoms with van der Waals surface area (Å²) in [5.74, 6) is 3.32. The number of halogens is 10. The van der Waals surface area contributed by atoms with Crippen LogP contribution >= 0.6 is 69.9 Å². The number of anilines is 1. The molecule has 2 aromatic carbocycles. The van der Waals surface area contributed by atoms with Gasteiger partial charge in [-0.1, -0.05) is 73.5 Å². The molecule has 2 aliphatic rings. The second-order valence-corrected chi connectivity index (χ2v) is 23.6. The van der Waals surface area contributed by atoms with Crippen LogP contribution in [0.1, 0.15) is 59.9 Å². The number of nitrogens with zero attached hydrogens (tertiary/aromatic N) is 7. The molecule has 0 radical (unpaired) electrons. The van der Waals surface area contributed by atoms with Gasteiger partial charge in [0.15, 0.2) is 11.5 Å². The fraction of sp³-hybridized carbons (Fsp3) is 0.424. The summed E-state index contributed by atoms with van der Waals surface area (Å²) in [7, 11) is 11.7. The predicted molar refractivity (Wildman–Crippen MR) is 329 cm³/mol. The number of hydrogen-bond donors (Lipinski definition) is 2. The minimum atomic E-state index is -4.31. The molecule has 0 spiro atoms. The molecule has 2 aliphatic carbocycles. The van der Waals surface area contributed by atoms with E-state index in [9.17, 15) is 26.3 Å². The zero-order valence-corrected chi connectivity index (χ0v) is 52.8.